The van der Waals surface area contributed by atoms with Gasteiger partial charge in [-0.25, -0.2) is 8.42 Å². The number of carbonyl (C=O) groups is 2. The Balaban J connectivity index is 1.07. The highest BCUT2D eigenvalue weighted by molar-refractivity contribution is 7.89. The number of fused-ring (bicyclic) bond motifs is 1. The molecule has 4 aromatic carbocycles. The zero-order chi connectivity index (χ0) is 43.1. The van der Waals surface area contributed by atoms with Crippen LogP contribution >= 0.6 is 0 Å². The summed E-state index contributed by atoms with van der Waals surface area (Å²) >= 11 is 0. The fourth-order valence-corrected chi connectivity index (χ4v) is 10.3. The standard InChI is InChI=1S/C49H62N4O7S/c1-33-14-25-41(26-15-33)61(57,58)52-42(28-34-10-6-5-7-11-34)46(55)50-30-35-16-22-39(23-17-35)48-59-40(29-45(60-48)38-20-18-36(32-54)19-21-38)31-53-43-13-9-8-12-37(43)24-27-44(53)47(56)51-49(2,3)4/h5-7,10-11,14-23,25-26,37,40,42-45,48,52,54H,8-9,12-13,24,27-32H2,1-4H3,(H,50,55)(H,51,56)/t37-,40+,42-,43-,44-,45-,48-/m1/s1. The maximum Gasteiger partial charge on any atom is 0.241 e. The van der Waals surface area contributed by atoms with Crippen LogP contribution in [0.1, 0.15) is 111 Å². The topological polar surface area (TPSA) is 146 Å². The predicted octanol–water partition coefficient (Wildman–Crippen LogP) is 7.18. The lowest BCUT2D eigenvalue weighted by atomic mass is 9.75. The van der Waals surface area contributed by atoms with Gasteiger partial charge in [0, 0.05) is 36.7 Å². The number of hydrogen-bond acceptors (Lipinski definition) is 8. The Bertz CT molecular complexity index is 2180. The first-order chi connectivity index (χ1) is 29.2. The second-order valence-electron chi connectivity index (χ2n) is 18.1. The smallest absolute Gasteiger partial charge is 0.241 e. The number of nitrogens with zero attached hydrogens (tertiary/aromatic N) is 1. The van der Waals surface area contributed by atoms with E-state index in [4.69, 9.17) is 9.47 Å². The summed E-state index contributed by atoms with van der Waals surface area (Å²) in [5.74, 6) is 0.210. The van der Waals surface area contributed by atoms with E-state index in [1.165, 1.54) is 25.0 Å². The molecule has 0 radical (unpaired) electrons. The van der Waals surface area contributed by atoms with E-state index in [0.717, 1.165) is 59.1 Å². The molecule has 0 unspecified atom stereocenters. The van der Waals surface area contributed by atoms with Gasteiger partial charge in [0.25, 0.3) is 0 Å². The molecule has 12 heteroatoms. The third kappa shape index (κ3) is 11.7. The van der Waals surface area contributed by atoms with Gasteiger partial charge < -0.3 is 25.2 Å². The number of likely N-dealkylation sites (tertiary alicyclic amines) is 1. The van der Waals surface area contributed by atoms with Gasteiger partial charge in [-0.3, -0.25) is 14.5 Å². The van der Waals surface area contributed by atoms with Crippen molar-refractivity contribution in [2.24, 2.45) is 5.92 Å². The maximum atomic E-state index is 13.9. The fraction of sp³-hybridized carbons (Fsp3) is 0.469. The molecule has 2 saturated heterocycles. The minimum atomic E-state index is -3.98. The van der Waals surface area contributed by atoms with E-state index in [9.17, 15) is 23.1 Å². The molecule has 4 N–H and O–H groups in total. The third-order valence-corrected chi connectivity index (χ3v) is 13.8. The number of hydrogen-bond donors (Lipinski definition) is 4. The number of piperidine rings is 1. The number of carbonyl (C=O) groups excluding carboxylic acids is 2. The summed E-state index contributed by atoms with van der Waals surface area (Å²) in [6.07, 6.45) is 6.13. The van der Waals surface area contributed by atoms with Crippen molar-refractivity contribution < 1.29 is 32.6 Å². The van der Waals surface area contributed by atoms with Crippen molar-refractivity contribution in [2.45, 2.75) is 139 Å². The lowest BCUT2D eigenvalue weighted by Crippen LogP contribution is -2.61. The van der Waals surface area contributed by atoms with Crippen LogP contribution in [0, 0.1) is 12.8 Å². The van der Waals surface area contributed by atoms with Crippen molar-refractivity contribution in [1.29, 1.82) is 0 Å². The monoisotopic (exact) mass is 850 g/mol. The maximum absolute atomic E-state index is 13.9. The van der Waals surface area contributed by atoms with Crippen LogP contribution in [-0.2, 0) is 48.7 Å². The van der Waals surface area contributed by atoms with Crippen molar-refractivity contribution >= 4 is 21.8 Å². The van der Waals surface area contributed by atoms with Crippen molar-refractivity contribution in [2.75, 3.05) is 6.54 Å². The molecule has 2 heterocycles. The summed E-state index contributed by atoms with van der Waals surface area (Å²) in [5, 5.41) is 15.9. The van der Waals surface area contributed by atoms with Crippen LogP contribution in [0.3, 0.4) is 0 Å². The number of rotatable bonds is 14. The van der Waals surface area contributed by atoms with Crippen molar-refractivity contribution in [3.05, 3.63) is 137 Å². The molecule has 0 spiro atoms. The number of ether oxygens (including phenoxy) is 2. The number of aliphatic hydroxyl groups excluding tert-OH is 1. The van der Waals surface area contributed by atoms with Crippen molar-refractivity contribution in [3.8, 4) is 0 Å². The average molecular weight is 851 g/mol. The Kier molecular flexibility index (Phi) is 14.4. The Morgan fingerprint density at radius 3 is 2.16 bits per heavy atom. The average Bonchev–Trinajstić information content (AvgIpc) is 3.25. The molecule has 7 atom stereocenters. The van der Waals surface area contributed by atoms with Gasteiger partial charge in [-0.1, -0.05) is 109 Å². The molecule has 0 aromatic heterocycles. The van der Waals surface area contributed by atoms with Gasteiger partial charge in [0.15, 0.2) is 6.29 Å². The molecular formula is C49H62N4O7S. The van der Waals surface area contributed by atoms with E-state index < -0.39 is 28.3 Å². The molecule has 4 aromatic rings. The molecule has 0 bridgehead atoms. The minimum Gasteiger partial charge on any atom is -0.392 e. The van der Waals surface area contributed by atoms with E-state index >= 15 is 0 Å². The number of aryl methyl sites for hydroxylation is 1. The lowest BCUT2D eigenvalue weighted by Gasteiger charge is -2.50. The van der Waals surface area contributed by atoms with Crippen LogP contribution in [0.15, 0.2) is 108 Å². The highest BCUT2D eigenvalue weighted by atomic mass is 32.2. The Morgan fingerprint density at radius 1 is 0.803 bits per heavy atom. The summed E-state index contributed by atoms with van der Waals surface area (Å²) < 4.78 is 43.0. The van der Waals surface area contributed by atoms with Gasteiger partial charge in [0.05, 0.1) is 29.8 Å². The molecule has 61 heavy (non-hydrogen) atoms. The molecule has 3 aliphatic rings. The van der Waals surface area contributed by atoms with E-state index in [-0.39, 0.29) is 54.2 Å². The summed E-state index contributed by atoms with van der Waals surface area (Å²) in [5.41, 5.74) is 4.89. The number of benzene rings is 4. The van der Waals surface area contributed by atoms with Gasteiger partial charge in [-0.15, -0.1) is 0 Å². The summed E-state index contributed by atoms with van der Waals surface area (Å²) in [7, 11) is -3.98. The first-order valence-electron chi connectivity index (χ1n) is 21.8. The van der Waals surface area contributed by atoms with Gasteiger partial charge in [-0.05, 0) is 100 Å². The second kappa shape index (κ2) is 19.7. The molecule has 7 rings (SSSR count). The van der Waals surface area contributed by atoms with E-state index in [1.54, 1.807) is 12.1 Å². The minimum absolute atomic E-state index is 0.0424. The lowest BCUT2D eigenvalue weighted by molar-refractivity contribution is -0.255. The normalized spacial score (nSPS) is 24.0. The van der Waals surface area contributed by atoms with Crippen LogP contribution in [0.2, 0.25) is 0 Å². The number of amides is 2. The van der Waals surface area contributed by atoms with Crippen LogP contribution in [0.5, 0.6) is 0 Å². The molecule has 326 valence electrons. The number of sulfonamides is 1. The third-order valence-electron chi connectivity index (χ3n) is 12.3. The van der Waals surface area contributed by atoms with E-state index in [0.29, 0.717) is 24.9 Å². The Labute approximate surface area is 361 Å². The van der Waals surface area contributed by atoms with Gasteiger partial charge in [0.1, 0.15) is 6.04 Å². The SMILES string of the molecule is Cc1ccc(S(=O)(=O)N[C@H](Cc2ccccc2)C(=O)NCc2ccc([C@@H]3O[C@H](CN4[C@@H](C(=O)NC(C)(C)C)CC[C@H]5CCCC[C@H]54)C[C@H](c4ccc(CO)cc4)O3)cc2)cc1. The zero-order valence-corrected chi connectivity index (χ0v) is 36.7. The largest absolute Gasteiger partial charge is 0.392 e. The molecular weight excluding hydrogens is 789 g/mol. The van der Waals surface area contributed by atoms with Gasteiger partial charge in [-0.2, -0.15) is 4.72 Å². The van der Waals surface area contributed by atoms with Gasteiger partial charge in [0.2, 0.25) is 21.8 Å². The molecule has 1 saturated carbocycles. The van der Waals surface area contributed by atoms with Crippen LogP contribution < -0.4 is 15.4 Å². The zero-order valence-electron chi connectivity index (χ0n) is 35.9. The number of nitrogens with one attached hydrogen (secondary N) is 3. The first kappa shape index (κ1) is 44.6. The van der Waals surface area contributed by atoms with Crippen LogP contribution in [0.4, 0.5) is 0 Å². The molecule has 1 aliphatic carbocycles. The summed E-state index contributed by atoms with van der Waals surface area (Å²) in [6.45, 7) is 8.72. The highest BCUT2D eigenvalue weighted by Crippen LogP contribution is 2.42. The predicted molar refractivity (Wildman–Crippen MR) is 236 cm³/mol. The molecule has 11 nitrogen and oxygen atoms in total. The summed E-state index contributed by atoms with van der Waals surface area (Å²) in [6, 6.07) is 30.5. The Hall–Kier alpha value is -4.43. The van der Waals surface area contributed by atoms with Crippen molar-refractivity contribution in [3.63, 3.8) is 0 Å². The number of aliphatic hydroxyl groups is 1. The van der Waals surface area contributed by atoms with E-state index in [2.05, 4.69) is 20.3 Å². The summed E-state index contributed by atoms with van der Waals surface area (Å²) in [4.78, 5) is 30.1. The van der Waals surface area contributed by atoms with E-state index in [1.807, 2.05) is 107 Å². The van der Waals surface area contributed by atoms with Crippen molar-refractivity contribution in [1.82, 2.24) is 20.3 Å². The van der Waals surface area contributed by atoms with Crippen LogP contribution in [0.25, 0.3) is 0 Å². The molecule has 2 aliphatic heterocycles. The van der Waals surface area contributed by atoms with Gasteiger partial charge >= 0.3 is 0 Å². The fourth-order valence-electron chi connectivity index (χ4n) is 9.11. The van der Waals surface area contributed by atoms with Crippen LogP contribution in [-0.4, -0.2) is 66.6 Å². The Morgan fingerprint density at radius 2 is 1.48 bits per heavy atom. The highest BCUT2D eigenvalue weighted by Gasteiger charge is 2.44. The molecule has 3 fully saturated rings. The molecule has 2 amide bonds. The first-order valence-corrected chi connectivity index (χ1v) is 23.3. The second-order valence-corrected chi connectivity index (χ2v) is 19.8. The quantitative estimate of drug-likeness (QED) is 0.105.